The first kappa shape index (κ1) is 19.4. The molecule has 0 radical (unpaired) electrons. The van der Waals surface area contributed by atoms with Gasteiger partial charge in [-0.3, -0.25) is 9.36 Å². The zero-order valence-corrected chi connectivity index (χ0v) is 17.2. The standard InChI is InChI=1S/C22H27N3O2S/c1-3-12-25-20(26)18-19(24-21(25)28-14-13-27-2)17-7-5-4-6-16(17)15-22(18)8-10-23-11-9-22/h3-7,23H,1,8-15H2,2H3. The predicted molar refractivity (Wildman–Crippen MR) is 114 cm³/mol. The summed E-state index contributed by atoms with van der Waals surface area (Å²) in [4.78, 5) is 18.8. The molecule has 148 valence electrons. The minimum atomic E-state index is -0.127. The number of benzene rings is 1. The molecule has 2 aliphatic rings. The van der Waals surface area contributed by atoms with Crippen molar-refractivity contribution in [3.05, 3.63) is 58.4 Å². The van der Waals surface area contributed by atoms with E-state index in [0.717, 1.165) is 60.1 Å². The van der Waals surface area contributed by atoms with Crippen molar-refractivity contribution < 1.29 is 4.74 Å². The fourth-order valence-electron chi connectivity index (χ4n) is 4.52. The third-order valence-corrected chi connectivity index (χ3v) is 6.80. The molecule has 0 unspecified atom stereocenters. The van der Waals surface area contributed by atoms with E-state index < -0.39 is 0 Å². The minimum Gasteiger partial charge on any atom is -0.384 e. The van der Waals surface area contributed by atoms with E-state index in [-0.39, 0.29) is 11.0 Å². The summed E-state index contributed by atoms with van der Waals surface area (Å²) in [6.45, 7) is 6.83. The van der Waals surface area contributed by atoms with Crippen LogP contribution in [-0.4, -0.2) is 42.1 Å². The van der Waals surface area contributed by atoms with E-state index in [1.54, 1.807) is 29.5 Å². The van der Waals surface area contributed by atoms with Crippen molar-refractivity contribution in [2.45, 2.75) is 36.4 Å². The van der Waals surface area contributed by atoms with E-state index >= 15 is 0 Å². The van der Waals surface area contributed by atoms with E-state index in [9.17, 15) is 4.79 Å². The number of nitrogens with one attached hydrogen (secondary N) is 1. The van der Waals surface area contributed by atoms with Gasteiger partial charge < -0.3 is 10.1 Å². The van der Waals surface area contributed by atoms with Crippen LogP contribution in [-0.2, 0) is 23.1 Å². The molecule has 1 fully saturated rings. The van der Waals surface area contributed by atoms with E-state index in [0.29, 0.717) is 13.2 Å². The van der Waals surface area contributed by atoms with Crippen molar-refractivity contribution in [1.29, 1.82) is 0 Å². The third-order valence-electron chi connectivity index (χ3n) is 5.86. The Hall–Kier alpha value is -1.89. The van der Waals surface area contributed by atoms with Crippen LogP contribution >= 0.6 is 11.8 Å². The number of allylic oxidation sites excluding steroid dienone is 1. The number of methoxy groups -OCH3 is 1. The van der Waals surface area contributed by atoms with Gasteiger partial charge in [0.2, 0.25) is 0 Å². The lowest BCUT2D eigenvalue weighted by atomic mass is 9.65. The number of ether oxygens (including phenoxy) is 1. The van der Waals surface area contributed by atoms with E-state index in [1.807, 2.05) is 6.07 Å². The Morgan fingerprint density at radius 3 is 2.89 bits per heavy atom. The van der Waals surface area contributed by atoms with Crippen LogP contribution in [0.2, 0.25) is 0 Å². The Labute approximate surface area is 170 Å². The molecule has 6 heteroatoms. The summed E-state index contributed by atoms with van der Waals surface area (Å²) >= 11 is 1.58. The van der Waals surface area contributed by atoms with Gasteiger partial charge in [-0.05, 0) is 37.9 Å². The number of thioether (sulfide) groups is 1. The maximum atomic E-state index is 13.8. The molecule has 1 aromatic carbocycles. The summed E-state index contributed by atoms with van der Waals surface area (Å²) in [6.07, 6.45) is 4.63. The summed E-state index contributed by atoms with van der Waals surface area (Å²) in [6, 6.07) is 8.43. The van der Waals surface area contributed by atoms with Gasteiger partial charge in [0.25, 0.3) is 5.56 Å². The van der Waals surface area contributed by atoms with Crippen molar-refractivity contribution in [3.8, 4) is 11.3 Å². The summed E-state index contributed by atoms with van der Waals surface area (Å²) < 4.78 is 6.98. The molecule has 28 heavy (non-hydrogen) atoms. The van der Waals surface area contributed by atoms with Crippen molar-refractivity contribution >= 4 is 11.8 Å². The quantitative estimate of drug-likeness (QED) is 0.351. The molecule has 4 rings (SSSR count). The largest absolute Gasteiger partial charge is 0.384 e. The van der Waals surface area contributed by atoms with Crippen molar-refractivity contribution in [2.75, 3.05) is 32.6 Å². The van der Waals surface area contributed by atoms with Crippen molar-refractivity contribution in [2.24, 2.45) is 0 Å². The highest BCUT2D eigenvalue weighted by molar-refractivity contribution is 7.99. The van der Waals surface area contributed by atoms with Crippen LogP contribution in [0, 0.1) is 0 Å². The minimum absolute atomic E-state index is 0.0984. The Morgan fingerprint density at radius 1 is 1.36 bits per heavy atom. The van der Waals surface area contributed by atoms with Crippen LogP contribution in [0.15, 0.2) is 46.9 Å². The maximum absolute atomic E-state index is 13.8. The molecule has 2 aromatic rings. The average Bonchev–Trinajstić information content (AvgIpc) is 2.71. The summed E-state index contributed by atoms with van der Waals surface area (Å²) in [5.41, 5.74) is 4.18. The highest BCUT2D eigenvalue weighted by atomic mass is 32.2. The molecule has 1 N–H and O–H groups in total. The molecule has 1 aliphatic heterocycles. The molecule has 1 aliphatic carbocycles. The highest BCUT2D eigenvalue weighted by Gasteiger charge is 2.43. The summed E-state index contributed by atoms with van der Waals surface area (Å²) in [5.74, 6) is 0.760. The second-order valence-corrected chi connectivity index (χ2v) is 8.59. The van der Waals surface area contributed by atoms with Gasteiger partial charge in [-0.15, -0.1) is 6.58 Å². The lowest BCUT2D eigenvalue weighted by Crippen LogP contribution is -2.48. The van der Waals surface area contributed by atoms with Gasteiger partial charge in [0.1, 0.15) is 0 Å². The second-order valence-electron chi connectivity index (χ2n) is 7.53. The van der Waals surface area contributed by atoms with Crippen LogP contribution in [0.1, 0.15) is 24.0 Å². The predicted octanol–water partition coefficient (Wildman–Crippen LogP) is 3.01. The van der Waals surface area contributed by atoms with Gasteiger partial charge >= 0.3 is 0 Å². The molecule has 0 atom stereocenters. The number of piperidine rings is 1. The number of fused-ring (bicyclic) bond motifs is 4. The van der Waals surface area contributed by atoms with Crippen LogP contribution in [0.3, 0.4) is 0 Å². The van der Waals surface area contributed by atoms with Gasteiger partial charge in [0.15, 0.2) is 5.16 Å². The Bertz CT molecular complexity index is 932. The molecular formula is C22H27N3O2S. The highest BCUT2D eigenvalue weighted by Crippen LogP contribution is 2.45. The zero-order chi connectivity index (χ0) is 19.6. The van der Waals surface area contributed by atoms with E-state index in [2.05, 4.69) is 30.1 Å². The first-order valence-electron chi connectivity index (χ1n) is 9.87. The molecule has 1 saturated heterocycles. The molecule has 5 nitrogen and oxygen atoms in total. The Morgan fingerprint density at radius 2 is 2.14 bits per heavy atom. The van der Waals surface area contributed by atoms with Gasteiger partial charge in [-0.1, -0.05) is 42.1 Å². The third kappa shape index (κ3) is 3.34. The lowest BCUT2D eigenvalue weighted by molar-refractivity contribution is 0.218. The fourth-order valence-corrected chi connectivity index (χ4v) is 5.42. The van der Waals surface area contributed by atoms with Gasteiger partial charge in [0, 0.05) is 30.4 Å². The SMILES string of the molecule is C=CCn1c(SCCOC)nc2c(c1=O)C1(CCNCC1)Cc1ccccc1-2. The van der Waals surface area contributed by atoms with Crippen LogP contribution in [0.4, 0.5) is 0 Å². The summed E-state index contributed by atoms with van der Waals surface area (Å²) in [7, 11) is 1.69. The molecular weight excluding hydrogens is 370 g/mol. The average molecular weight is 398 g/mol. The fraction of sp³-hybridized carbons (Fsp3) is 0.455. The first-order valence-corrected chi connectivity index (χ1v) is 10.9. The topological polar surface area (TPSA) is 56.2 Å². The number of rotatable bonds is 6. The van der Waals surface area contributed by atoms with Crippen molar-refractivity contribution in [1.82, 2.24) is 14.9 Å². The zero-order valence-electron chi connectivity index (χ0n) is 16.4. The number of hydrogen-bond donors (Lipinski definition) is 1. The van der Waals surface area contributed by atoms with Gasteiger partial charge in [-0.25, -0.2) is 4.98 Å². The molecule has 0 bridgehead atoms. The Balaban J connectivity index is 1.94. The second kappa shape index (κ2) is 8.23. The van der Waals surface area contributed by atoms with Gasteiger partial charge in [-0.2, -0.15) is 0 Å². The molecule has 2 heterocycles. The van der Waals surface area contributed by atoms with Gasteiger partial charge in [0.05, 0.1) is 17.9 Å². The van der Waals surface area contributed by atoms with E-state index in [4.69, 9.17) is 9.72 Å². The first-order chi connectivity index (χ1) is 13.7. The normalized spacial score (nSPS) is 17.2. The van der Waals surface area contributed by atoms with Crippen LogP contribution in [0.5, 0.6) is 0 Å². The van der Waals surface area contributed by atoms with Crippen LogP contribution < -0.4 is 10.9 Å². The lowest BCUT2D eigenvalue weighted by Gasteiger charge is -2.42. The molecule has 0 saturated carbocycles. The molecule has 1 aromatic heterocycles. The molecule has 0 amide bonds. The number of hydrogen-bond acceptors (Lipinski definition) is 5. The number of nitrogens with zero attached hydrogens (tertiary/aromatic N) is 2. The Kier molecular flexibility index (Phi) is 5.71. The number of aromatic nitrogens is 2. The van der Waals surface area contributed by atoms with Crippen molar-refractivity contribution in [3.63, 3.8) is 0 Å². The maximum Gasteiger partial charge on any atom is 0.258 e. The summed E-state index contributed by atoms with van der Waals surface area (Å²) in [5, 5.41) is 4.20. The monoisotopic (exact) mass is 397 g/mol. The van der Waals surface area contributed by atoms with Crippen LogP contribution in [0.25, 0.3) is 11.3 Å². The van der Waals surface area contributed by atoms with E-state index in [1.165, 1.54) is 5.56 Å². The smallest absolute Gasteiger partial charge is 0.258 e. The molecule has 1 spiro atoms.